The minimum absolute atomic E-state index is 0.568. The molecule has 0 spiro atoms. The summed E-state index contributed by atoms with van der Waals surface area (Å²) in [6.07, 6.45) is 7.44. The number of rotatable bonds is 5. The molecule has 0 fully saturated rings. The van der Waals surface area contributed by atoms with Crippen LogP contribution in [0.15, 0.2) is 12.1 Å². The topological polar surface area (TPSA) is 12.0 Å². The first-order valence-electron chi connectivity index (χ1n) is 8.57. The highest BCUT2D eigenvalue weighted by atomic mass is 14.9. The molecule has 1 aliphatic carbocycles. The highest BCUT2D eigenvalue weighted by Crippen LogP contribution is 2.34. The number of nitrogens with one attached hydrogen (secondary N) is 1. The summed E-state index contributed by atoms with van der Waals surface area (Å²) in [6, 6.07) is 5.59. The van der Waals surface area contributed by atoms with Crippen molar-refractivity contribution in [1.29, 1.82) is 0 Å². The molecule has 1 aliphatic rings. The van der Waals surface area contributed by atoms with Crippen LogP contribution in [0.4, 0.5) is 0 Å². The highest BCUT2D eigenvalue weighted by Gasteiger charge is 2.23. The lowest BCUT2D eigenvalue weighted by atomic mass is 9.91. The standard InChI is InChI=1S/C19H31N/c1-5-10-20-19-11-14(4)8-9-17-12-15(6-2)16(7-3)13-18(17)19/h12-14,19-20H,5-11H2,1-4H3. The van der Waals surface area contributed by atoms with Crippen molar-refractivity contribution < 1.29 is 0 Å². The Hall–Kier alpha value is -0.820. The zero-order valence-corrected chi connectivity index (χ0v) is 13.8. The van der Waals surface area contributed by atoms with Crippen LogP contribution in [-0.4, -0.2) is 6.54 Å². The molecule has 0 heterocycles. The molecule has 2 atom stereocenters. The maximum atomic E-state index is 3.79. The van der Waals surface area contributed by atoms with Gasteiger partial charge in [-0.15, -0.1) is 0 Å². The molecule has 0 aromatic heterocycles. The van der Waals surface area contributed by atoms with E-state index in [0.717, 1.165) is 18.9 Å². The molecule has 1 heteroatoms. The predicted octanol–water partition coefficient (Wildman–Crippen LogP) is 4.82. The maximum Gasteiger partial charge on any atom is 0.0325 e. The Morgan fingerprint density at radius 3 is 2.45 bits per heavy atom. The zero-order valence-electron chi connectivity index (χ0n) is 13.8. The van der Waals surface area contributed by atoms with Gasteiger partial charge >= 0.3 is 0 Å². The Morgan fingerprint density at radius 1 is 1.10 bits per heavy atom. The zero-order chi connectivity index (χ0) is 14.5. The van der Waals surface area contributed by atoms with Crippen molar-refractivity contribution >= 4 is 0 Å². The smallest absolute Gasteiger partial charge is 0.0325 e. The van der Waals surface area contributed by atoms with E-state index in [-0.39, 0.29) is 0 Å². The fraction of sp³-hybridized carbons (Fsp3) is 0.684. The number of hydrogen-bond donors (Lipinski definition) is 1. The van der Waals surface area contributed by atoms with Gasteiger partial charge in [0.2, 0.25) is 0 Å². The summed E-state index contributed by atoms with van der Waals surface area (Å²) in [5.41, 5.74) is 6.33. The van der Waals surface area contributed by atoms with E-state index in [1.54, 1.807) is 22.3 Å². The van der Waals surface area contributed by atoms with Gasteiger partial charge in [0.1, 0.15) is 0 Å². The van der Waals surface area contributed by atoms with Crippen LogP contribution >= 0.6 is 0 Å². The molecule has 2 rings (SSSR count). The van der Waals surface area contributed by atoms with Crippen LogP contribution in [0.5, 0.6) is 0 Å². The van der Waals surface area contributed by atoms with E-state index < -0.39 is 0 Å². The molecule has 1 nitrogen and oxygen atoms in total. The fourth-order valence-corrected chi connectivity index (χ4v) is 3.52. The van der Waals surface area contributed by atoms with E-state index in [1.165, 1.54) is 32.1 Å². The number of aryl methyl sites for hydroxylation is 3. The van der Waals surface area contributed by atoms with E-state index in [4.69, 9.17) is 0 Å². The van der Waals surface area contributed by atoms with Gasteiger partial charge in [-0.1, -0.05) is 39.8 Å². The molecule has 1 aromatic carbocycles. The molecule has 0 bridgehead atoms. The van der Waals surface area contributed by atoms with Crippen molar-refractivity contribution in [2.24, 2.45) is 5.92 Å². The summed E-state index contributed by atoms with van der Waals surface area (Å²) >= 11 is 0. The van der Waals surface area contributed by atoms with Crippen molar-refractivity contribution in [3.63, 3.8) is 0 Å². The first kappa shape index (κ1) is 15.6. The second kappa shape index (κ2) is 7.26. The van der Waals surface area contributed by atoms with Gasteiger partial charge in [-0.2, -0.15) is 0 Å². The Morgan fingerprint density at radius 2 is 1.80 bits per heavy atom. The second-order valence-corrected chi connectivity index (χ2v) is 6.41. The molecule has 0 saturated heterocycles. The summed E-state index contributed by atoms with van der Waals surface area (Å²) in [7, 11) is 0. The molecule has 20 heavy (non-hydrogen) atoms. The van der Waals surface area contributed by atoms with E-state index in [1.807, 2.05) is 0 Å². The second-order valence-electron chi connectivity index (χ2n) is 6.41. The predicted molar refractivity (Wildman–Crippen MR) is 88.3 cm³/mol. The third-order valence-electron chi connectivity index (χ3n) is 4.78. The van der Waals surface area contributed by atoms with Gasteiger partial charge in [0.25, 0.3) is 0 Å². The Bertz CT molecular complexity index is 436. The van der Waals surface area contributed by atoms with Crippen LogP contribution in [0.1, 0.15) is 75.3 Å². The van der Waals surface area contributed by atoms with Crippen molar-refractivity contribution in [2.75, 3.05) is 6.54 Å². The van der Waals surface area contributed by atoms with Gasteiger partial charge in [0, 0.05) is 6.04 Å². The highest BCUT2D eigenvalue weighted by molar-refractivity contribution is 5.41. The largest absolute Gasteiger partial charge is 0.310 e. The third kappa shape index (κ3) is 3.44. The lowest BCUT2D eigenvalue weighted by Gasteiger charge is -2.22. The van der Waals surface area contributed by atoms with Crippen LogP contribution in [0.25, 0.3) is 0 Å². The van der Waals surface area contributed by atoms with Crippen molar-refractivity contribution in [1.82, 2.24) is 5.32 Å². The SMILES string of the molecule is CCCNC1CC(C)CCc2cc(CC)c(CC)cc21. The van der Waals surface area contributed by atoms with Crippen LogP contribution in [-0.2, 0) is 19.3 Å². The normalized spacial score (nSPS) is 22.4. The molecule has 0 radical (unpaired) electrons. The first-order valence-corrected chi connectivity index (χ1v) is 8.57. The molecule has 2 unspecified atom stereocenters. The van der Waals surface area contributed by atoms with Crippen molar-refractivity contribution in [2.45, 2.75) is 72.3 Å². The first-order chi connectivity index (χ1) is 9.69. The molecule has 112 valence electrons. The average molecular weight is 273 g/mol. The fourth-order valence-electron chi connectivity index (χ4n) is 3.52. The minimum atomic E-state index is 0.568. The lowest BCUT2D eigenvalue weighted by Crippen LogP contribution is -2.24. The lowest BCUT2D eigenvalue weighted by molar-refractivity contribution is 0.408. The summed E-state index contributed by atoms with van der Waals surface area (Å²) in [5, 5.41) is 3.79. The van der Waals surface area contributed by atoms with Gasteiger partial charge < -0.3 is 5.32 Å². The van der Waals surface area contributed by atoms with Gasteiger partial charge in [0.05, 0.1) is 0 Å². The quantitative estimate of drug-likeness (QED) is 0.758. The summed E-state index contributed by atoms with van der Waals surface area (Å²) < 4.78 is 0. The molecule has 1 N–H and O–H groups in total. The summed E-state index contributed by atoms with van der Waals surface area (Å²) in [6.45, 7) is 10.4. The Kier molecular flexibility index (Phi) is 5.65. The van der Waals surface area contributed by atoms with Gasteiger partial charge in [0.15, 0.2) is 0 Å². The minimum Gasteiger partial charge on any atom is -0.310 e. The van der Waals surface area contributed by atoms with Gasteiger partial charge in [-0.05, 0) is 73.2 Å². The van der Waals surface area contributed by atoms with Crippen LogP contribution in [0.3, 0.4) is 0 Å². The average Bonchev–Trinajstić information content (AvgIpc) is 2.62. The van der Waals surface area contributed by atoms with Crippen LogP contribution in [0, 0.1) is 5.92 Å². The Balaban J connectivity index is 2.38. The van der Waals surface area contributed by atoms with Gasteiger partial charge in [-0.25, -0.2) is 0 Å². The molecule has 0 aliphatic heterocycles. The molecular formula is C19H31N. The van der Waals surface area contributed by atoms with Crippen molar-refractivity contribution in [3.05, 3.63) is 34.4 Å². The monoisotopic (exact) mass is 273 g/mol. The molecule has 1 aromatic rings. The summed E-state index contributed by atoms with van der Waals surface area (Å²) in [4.78, 5) is 0. The van der Waals surface area contributed by atoms with Crippen LogP contribution in [0.2, 0.25) is 0 Å². The number of hydrogen-bond acceptors (Lipinski definition) is 1. The van der Waals surface area contributed by atoms with E-state index in [0.29, 0.717) is 6.04 Å². The molecular weight excluding hydrogens is 242 g/mol. The Labute approximate surface area is 125 Å². The van der Waals surface area contributed by atoms with Crippen LogP contribution < -0.4 is 5.32 Å². The van der Waals surface area contributed by atoms with E-state index in [9.17, 15) is 0 Å². The molecule has 0 amide bonds. The summed E-state index contributed by atoms with van der Waals surface area (Å²) in [5.74, 6) is 0.826. The van der Waals surface area contributed by atoms with E-state index >= 15 is 0 Å². The maximum absolute atomic E-state index is 3.79. The van der Waals surface area contributed by atoms with E-state index in [2.05, 4.69) is 45.1 Å². The van der Waals surface area contributed by atoms with Gasteiger partial charge in [-0.3, -0.25) is 0 Å². The number of fused-ring (bicyclic) bond motifs is 1. The molecule has 0 saturated carbocycles. The van der Waals surface area contributed by atoms with Crippen molar-refractivity contribution in [3.8, 4) is 0 Å². The third-order valence-corrected chi connectivity index (χ3v) is 4.78. The number of benzene rings is 1.